The first-order chi connectivity index (χ1) is 8.74. The minimum absolute atomic E-state index is 0.0134. The number of carbonyl (C=O) groups excluding carboxylic acids is 1. The van der Waals surface area contributed by atoms with Crippen molar-refractivity contribution in [1.82, 2.24) is 10.2 Å². The van der Waals surface area contributed by atoms with Gasteiger partial charge < -0.3 is 10.2 Å². The molecule has 110 valence electrons. The van der Waals surface area contributed by atoms with Gasteiger partial charge in [-0.25, -0.2) is 0 Å². The smallest absolute Gasteiger partial charge is 0.328 e. The van der Waals surface area contributed by atoms with Crippen molar-refractivity contribution >= 4 is 5.91 Å². The van der Waals surface area contributed by atoms with E-state index in [0.717, 1.165) is 25.9 Å². The lowest BCUT2D eigenvalue weighted by molar-refractivity contribution is -0.187. The van der Waals surface area contributed by atoms with Gasteiger partial charge in [-0.3, -0.25) is 4.79 Å². The number of amides is 1. The Morgan fingerprint density at radius 2 is 1.79 bits per heavy atom. The maximum absolute atomic E-state index is 14.4. The average Bonchev–Trinajstić information content (AvgIpc) is 2.32. The second-order valence-corrected chi connectivity index (χ2v) is 6.81. The van der Waals surface area contributed by atoms with Gasteiger partial charge in [-0.15, -0.1) is 0 Å². The van der Waals surface area contributed by atoms with E-state index in [1.54, 1.807) is 20.8 Å². The highest BCUT2D eigenvalue weighted by Crippen LogP contribution is 2.45. The lowest BCUT2D eigenvalue weighted by Gasteiger charge is -2.46. The molecule has 0 aromatic carbocycles. The van der Waals surface area contributed by atoms with Gasteiger partial charge in [-0.1, -0.05) is 20.8 Å². The normalized spacial score (nSPS) is 29.6. The van der Waals surface area contributed by atoms with Crippen LogP contribution in [0.5, 0.6) is 0 Å². The molecule has 0 bridgehead atoms. The van der Waals surface area contributed by atoms with E-state index >= 15 is 0 Å². The van der Waals surface area contributed by atoms with E-state index in [4.69, 9.17) is 0 Å². The van der Waals surface area contributed by atoms with Gasteiger partial charge in [0.2, 0.25) is 0 Å². The van der Waals surface area contributed by atoms with E-state index in [9.17, 15) is 13.6 Å². The van der Waals surface area contributed by atoms with Crippen molar-refractivity contribution in [2.24, 2.45) is 11.3 Å². The molecular weight excluding hydrogens is 250 g/mol. The summed E-state index contributed by atoms with van der Waals surface area (Å²) in [6, 6.07) is -0.0134. The molecule has 1 N–H and O–H groups in total. The van der Waals surface area contributed by atoms with Gasteiger partial charge in [0.15, 0.2) is 0 Å². The second-order valence-electron chi connectivity index (χ2n) is 6.81. The van der Waals surface area contributed by atoms with Crippen molar-refractivity contribution in [2.75, 3.05) is 19.6 Å². The topological polar surface area (TPSA) is 32.3 Å². The number of hydrogen-bond donors (Lipinski definition) is 1. The SMILES string of the molecule is CC(C)(C)C1CCN(C2CCNCC2)C(=O)C1(F)F. The van der Waals surface area contributed by atoms with Crippen molar-refractivity contribution in [1.29, 1.82) is 0 Å². The summed E-state index contributed by atoms with van der Waals surface area (Å²) in [7, 11) is 0. The lowest BCUT2D eigenvalue weighted by Crippen LogP contribution is -2.60. The monoisotopic (exact) mass is 274 g/mol. The third-order valence-corrected chi connectivity index (χ3v) is 4.44. The zero-order valence-electron chi connectivity index (χ0n) is 12.0. The molecule has 0 aromatic heterocycles. The molecule has 2 aliphatic rings. The second kappa shape index (κ2) is 5.00. The third-order valence-electron chi connectivity index (χ3n) is 4.44. The van der Waals surface area contributed by atoms with Crippen LogP contribution in [-0.2, 0) is 4.79 Å². The molecule has 1 atom stereocenters. The Hall–Kier alpha value is -0.710. The van der Waals surface area contributed by atoms with E-state index in [1.165, 1.54) is 4.90 Å². The number of carbonyl (C=O) groups is 1. The highest BCUT2D eigenvalue weighted by atomic mass is 19.3. The molecule has 1 amide bonds. The summed E-state index contributed by atoms with van der Waals surface area (Å²) in [4.78, 5) is 13.6. The van der Waals surface area contributed by atoms with Gasteiger partial charge >= 0.3 is 5.92 Å². The molecule has 2 aliphatic heterocycles. The molecule has 0 saturated carbocycles. The first-order valence-corrected chi connectivity index (χ1v) is 7.14. The average molecular weight is 274 g/mol. The van der Waals surface area contributed by atoms with Crippen molar-refractivity contribution < 1.29 is 13.6 Å². The van der Waals surface area contributed by atoms with Gasteiger partial charge in [0.25, 0.3) is 5.91 Å². The predicted octanol–water partition coefficient (Wildman–Crippen LogP) is 2.27. The summed E-state index contributed by atoms with van der Waals surface area (Å²) in [6.07, 6.45) is 1.95. The first-order valence-electron chi connectivity index (χ1n) is 7.14. The van der Waals surface area contributed by atoms with Gasteiger partial charge in [0.1, 0.15) is 0 Å². The van der Waals surface area contributed by atoms with Crippen molar-refractivity contribution in [2.45, 2.75) is 52.0 Å². The Bertz CT molecular complexity index is 346. The molecule has 2 heterocycles. The number of halogens is 2. The Morgan fingerprint density at radius 3 is 2.32 bits per heavy atom. The maximum Gasteiger partial charge on any atom is 0.328 e. The van der Waals surface area contributed by atoms with Crippen LogP contribution < -0.4 is 5.32 Å². The van der Waals surface area contributed by atoms with Gasteiger partial charge in [-0.05, 0) is 37.8 Å². The minimum atomic E-state index is -3.22. The van der Waals surface area contributed by atoms with E-state index < -0.39 is 23.2 Å². The Morgan fingerprint density at radius 1 is 1.21 bits per heavy atom. The molecular formula is C14H24F2N2O. The number of alkyl halides is 2. The van der Waals surface area contributed by atoms with Crippen molar-refractivity contribution in [3.05, 3.63) is 0 Å². The van der Waals surface area contributed by atoms with E-state index in [0.29, 0.717) is 13.0 Å². The van der Waals surface area contributed by atoms with E-state index in [2.05, 4.69) is 5.32 Å². The first kappa shape index (κ1) is 14.7. The zero-order valence-corrected chi connectivity index (χ0v) is 12.0. The molecule has 5 heteroatoms. The molecule has 0 aliphatic carbocycles. The summed E-state index contributed by atoms with van der Waals surface area (Å²) in [5.74, 6) is -5.03. The highest BCUT2D eigenvalue weighted by Gasteiger charge is 2.57. The van der Waals surface area contributed by atoms with Crippen LogP contribution in [0.4, 0.5) is 8.78 Å². The Labute approximate surface area is 113 Å². The molecule has 19 heavy (non-hydrogen) atoms. The quantitative estimate of drug-likeness (QED) is 0.795. The van der Waals surface area contributed by atoms with Gasteiger partial charge in [-0.2, -0.15) is 8.78 Å². The molecule has 2 saturated heterocycles. The molecule has 0 aromatic rings. The standard InChI is InChI=1S/C14H24F2N2O/c1-13(2,3)11-6-9-18(12(19)14(11,15)16)10-4-7-17-8-5-10/h10-11,17H,4-9H2,1-3H3. The minimum Gasteiger partial charge on any atom is -0.334 e. The van der Waals surface area contributed by atoms with E-state index in [-0.39, 0.29) is 6.04 Å². The van der Waals surface area contributed by atoms with Gasteiger partial charge in [0, 0.05) is 18.5 Å². The van der Waals surface area contributed by atoms with Crippen LogP contribution in [0.3, 0.4) is 0 Å². The zero-order chi connectivity index (χ0) is 14.3. The van der Waals surface area contributed by atoms with Crippen LogP contribution in [0.1, 0.15) is 40.0 Å². The lowest BCUT2D eigenvalue weighted by atomic mass is 9.72. The number of piperidine rings is 2. The van der Waals surface area contributed by atoms with Crippen LogP contribution in [0.25, 0.3) is 0 Å². The summed E-state index contributed by atoms with van der Waals surface area (Å²) >= 11 is 0. The Kier molecular flexibility index (Phi) is 3.87. The number of hydrogen-bond acceptors (Lipinski definition) is 2. The fourth-order valence-electron chi connectivity index (χ4n) is 3.34. The summed E-state index contributed by atoms with van der Waals surface area (Å²) in [5, 5.41) is 3.20. The number of nitrogens with one attached hydrogen (secondary N) is 1. The highest BCUT2D eigenvalue weighted by molar-refractivity contribution is 5.85. The van der Waals surface area contributed by atoms with Gasteiger partial charge in [0.05, 0.1) is 0 Å². The van der Waals surface area contributed by atoms with Crippen LogP contribution in [0.15, 0.2) is 0 Å². The fourth-order valence-corrected chi connectivity index (χ4v) is 3.34. The molecule has 0 radical (unpaired) electrons. The van der Waals surface area contributed by atoms with Crippen molar-refractivity contribution in [3.8, 4) is 0 Å². The predicted molar refractivity (Wildman–Crippen MR) is 70.1 cm³/mol. The molecule has 2 rings (SSSR count). The fraction of sp³-hybridized carbons (Fsp3) is 0.929. The number of likely N-dealkylation sites (tertiary alicyclic amines) is 1. The van der Waals surface area contributed by atoms with E-state index in [1.807, 2.05) is 0 Å². The van der Waals surface area contributed by atoms with Crippen LogP contribution in [0, 0.1) is 11.3 Å². The third kappa shape index (κ3) is 2.76. The molecule has 2 fully saturated rings. The number of rotatable bonds is 1. The largest absolute Gasteiger partial charge is 0.334 e. The summed E-state index contributed by atoms with van der Waals surface area (Å²) < 4.78 is 28.7. The van der Waals surface area contributed by atoms with Crippen LogP contribution >= 0.6 is 0 Å². The number of nitrogens with zero attached hydrogens (tertiary/aromatic N) is 1. The Balaban J connectivity index is 2.14. The van der Waals surface area contributed by atoms with Crippen molar-refractivity contribution in [3.63, 3.8) is 0 Å². The maximum atomic E-state index is 14.4. The summed E-state index contributed by atoms with van der Waals surface area (Å²) in [5.41, 5.74) is -0.542. The van der Waals surface area contributed by atoms with Crippen LogP contribution in [0.2, 0.25) is 0 Å². The molecule has 3 nitrogen and oxygen atoms in total. The molecule has 1 unspecified atom stereocenters. The summed E-state index contributed by atoms with van der Waals surface area (Å²) in [6.45, 7) is 7.46. The molecule has 0 spiro atoms. The van der Waals surface area contributed by atoms with Crippen LogP contribution in [-0.4, -0.2) is 42.4 Å².